The van der Waals surface area contributed by atoms with Crippen LogP contribution < -0.4 is 0 Å². The van der Waals surface area contributed by atoms with Crippen molar-refractivity contribution < 1.29 is 0 Å². The minimum atomic E-state index is 0.599. The van der Waals surface area contributed by atoms with Gasteiger partial charge < -0.3 is 0 Å². The summed E-state index contributed by atoms with van der Waals surface area (Å²) >= 11 is 0. The van der Waals surface area contributed by atoms with Crippen LogP contribution in [-0.4, -0.2) is 0 Å². The molecule has 0 aromatic rings. The Balaban J connectivity index is 3.24. The fraction of sp³-hybridized carbons (Fsp3) is 0.333. The molecule has 0 aromatic heterocycles. The lowest BCUT2D eigenvalue weighted by Gasteiger charge is -2.20. The first-order valence-electron chi connectivity index (χ1n) is 6.53. The fourth-order valence-electron chi connectivity index (χ4n) is 2.26. The van der Waals surface area contributed by atoms with E-state index in [0.29, 0.717) is 5.92 Å². The Morgan fingerprint density at radius 2 is 2.06 bits per heavy atom. The molecule has 0 fully saturated rings. The van der Waals surface area contributed by atoms with Gasteiger partial charge in [-0.1, -0.05) is 56.0 Å². The van der Waals surface area contributed by atoms with Crippen LogP contribution in [0.1, 0.15) is 34.1 Å². The maximum Gasteiger partial charge on any atom is -0.0198 e. The number of hydrogen-bond donors (Lipinski definition) is 0. The third-order valence-electron chi connectivity index (χ3n) is 3.26. The predicted molar refractivity (Wildman–Crippen MR) is 82.5 cm³/mol. The highest BCUT2D eigenvalue weighted by Gasteiger charge is 2.14. The third-order valence-corrected chi connectivity index (χ3v) is 3.26. The predicted octanol–water partition coefficient (Wildman–Crippen LogP) is 5.53. The summed E-state index contributed by atoms with van der Waals surface area (Å²) in [6.07, 6.45) is 11.7. The van der Waals surface area contributed by atoms with Crippen molar-refractivity contribution in [3.05, 3.63) is 71.4 Å². The van der Waals surface area contributed by atoms with Gasteiger partial charge in [0.2, 0.25) is 0 Å². The lowest BCUT2D eigenvalue weighted by Crippen LogP contribution is -2.03. The van der Waals surface area contributed by atoms with E-state index in [-0.39, 0.29) is 0 Å². The molecule has 0 nitrogen and oxygen atoms in total. The van der Waals surface area contributed by atoms with E-state index in [2.05, 4.69) is 58.2 Å². The minimum Gasteiger partial charge on any atom is -0.0955 e. The van der Waals surface area contributed by atoms with E-state index in [1.807, 2.05) is 13.0 Å². The van der Waals surface area contributed by atoms with Crippen molar-refractivity contribution in [1.82, 2.24) is 0 Å². The fourth-order valence-corrected chi connectivity index (χ4v) is 2.26. The van der Waals surface area contributed by atoms with Crippen LogP contribution in [0.15, 0.2) is 71.4 Å². The van der Waals surface area contributed by atoms with Gasteiger partial charge in [-0.2, -0.15) is 0 Å². The standard InChI is InChI=1S/C18H24/c1-7-8-9-17(13(2)3)16(6)18-11-10-14(4)12-15(18)5/h7-11,14H,2,5,12H2,1,3-4,6H3/b8-7-,17-9+,18-16-. The second-order valence-electron chi connectivity index (χ2n) is 5.07. The topological polar surface area (TPSA) is 0 Å². The van der Waals surface area contributed by atoms with Crippen molar-refractivity contribution in [3.8, 4) is 0 Å². The highest BCUT2D eigenvalue weighted by atomic mass is 14.2. The summed E-state index contributed by atoms with van der Waals surface area (Å²) in [4.78, 5) is 0. The SMILES string of the molecule is C=C1CC(C)C=C/C1=C(C)/C(=C/C=C\C)C(=C)C. The molecule has 0 saturated carbocycles. The monoisotopic (exact) mass is 240 g/mol. The zero-order chi connectivity index (χ0) is 13.7. The number of allylic oxidation sites excluding steroid dienone is 10. The van der Waals surface area contributed by atoms with Crippen molar-refractivity contribution in [3.63, 3.8) is 0 Å². The summed E-state index contributed by atoms with van der Waals surface area (Å²) in [7, 11) is 0. The molecule has 0 spiro atoms. The van der Waals surface area contributed by atoms with Crippen LogP contribution in [0.3, 0.4) is 0 Å². The molecule has 0 aromatic carbocycles. The molecule has 0 heterocycles. The molecule has 0 bridgehead atoms. The summed E-state index contributed by atoms with van der Waals surface area (Å²) in [6.45, 7) is 16.7. The van der Waals surface area contributed by atoms with Gasteiger partial charge in [0.1, 0.15) is 0 Å². The van der Waals surface area contributed by atoms with Crippen LogP contribution in [0.5, 0.6) is 0 Å². The molecule has 18 heavy (non-hydrogen) atoms. The van der Waals surface area contributed by atoms with Crippen LogP contribution in [0.25, 0.3) is 0 Å². The first kappa shape index (κ1) is 14.5. The van der Waals surface area contributed by atoms with E-state index < -0.39 is 0 Å². The van der Waals surface area contributed by atoms with Crippen molar-refractivity contribution in [2.75, 3.05) is 0 Å². The van der Waals surface area contributed by atoms with Gasteiger partial charge in [-0.3, -0.25) is 0 Å². The van der Waals surface area contributed by atoms with Gasteiger partial charge >= 0.3 is 0 Å². The molecule has 1 rings (SSSR count). The first-order valence-corrected chi connectivity index (χ1v) is 6.53. The van der Waals surface area contributed by atoms with E-state index in [4.69, 9.17) is 0 Å². The van der Waals surface area contributed by atoms with E-state index in [9.17, 15) is 0 Å². The summed E-state index contributed by atoms with van der Waals surface area (Å²) in [5.74, 6) is 0.599. The van der Waals surface area contributed by atoms with Crippen LogP contribution in [0, 0.1) is 5.92 Å². The molecule has 1 atom stereocenters. The van der Waals surface area contributed by atoms with Gasteiger partial charge in [-0.25, -0.2) is 0 Å². The second kappa shape index (κ2) is 6.39. The van der Waals surface area contributed by atoms with Gasteiger partial charge in [-0.15, -0.1) is 0 Å². The first-order chi connectivity index (χ1) is 8.47. The van der Waals surface area contributed by atoms with Gasteiger partial charge in [0.05, 0.1) is 0 Å². The maximum atomic E-state index is 4.21. The van der Waals surface area contributed by atoms with Gasteiger partial charge in [0.15, 0.2) is 0 Å². The molecule has 0 amide bonds. The van der Waals surface area contributed by atoms with Crippen molar-refractivity contribution in [1.29, 1.82) is 0 Å². The highest BCUT2D eigenvalue weighted by molar-refractivity contribution is 5.56. The lowest BCUT2D eigenvalue weighted by molar-refractivity contribution is 0.709. The Hall–Kier alpha value is -1.56. The molecule has 0 radical (unpaired) electrons. The summed E-state index contributed by atoms with van der Waals surface area (Å²) in [5, 5.41) is 0. The Morgan fingerprint density at radius 1 is 1.39 bits per heavy atom. The van der Waals surface area contributed by atoms with Crippen molar-refractivity contribution >= 4 is 0 Å². The molecule has 96 valence electrons. The zero-order valence-corrected chi connectivity index (χ0v) is 12.1. The van der Waals surface area contributed by atoms with E-state index >= 15 is 0 Å². The molecule has 0 saturated heterocycles. The van der Waals surface area contributed by atoms with Gasteiger partial charge in [0, 0.05) is 0 Å². The average Bonchev–Trinajstić information content (AvgIpc) is 2.28. The highest BCUT2D eigenvalue weighted by Crippen LogP contribution is 2.32. The van der Waals surface area contributed by atoms with Crippen LogP contribution in [-0.2, 0) is 0 Å². The Morgan fingerprint density at radius 3 is 2.56 bits per heavy atom. The Kier molecular flexibility index (Phi) is 5.15. The largest absolute Gasteiger partial charge is 0.0955 e. The molecule has 1 aliphatic rings. The van der Waals surface area contributed by atoms with Gasteiger partial charge in [-0.05, 0) is 55.4 Å². The normalized spacial score (nSPS) is 23.7. The van der Waals surface area contributed by atoms with Crippen LogP contribution >= 0.6 is 0 Å². The average molecular weight is 240 g/mol. The van der Waals surface area contributed by atoms with Crippen molar-refractivity contribution in [2.45, 2.75) is 34.1 Å². The van der Waals surface area contributed by atoms with Gasteiger partial charge in [0.25, 0.3) is 0 Å². The summed E-state index contributed by atoms with van der Waals surface area (Å²) in [6, 6.07) is 0. The molecule has 1 unspecified atom stereocenters. The molecule has 0 aliphatic heterocycles. The smallest absolute Gasteiger partial charge is 0.0198 e. The van der Waals surface area contributed by atoms with E-state index in [0.717, 1.165) is 12.0 Å². The number of hydrogen-bond acceptors (Lipinski definition) is 0. The zero-order valence-electron chi connectivity index (χ0n) is 12.1. The minimum absolute atomic E-state index is 0.599. The van der Waals surface area contributed by atoms with Crippen LogP contribution in [0.4, 0.5) is 0 Å². The molecular formula is C18H24. The number of rotatable bonds is 3. The quantitative estimate of drug-likeness (QED) is 0.569. The molecule has 1 aliphatic carbocycles. The maximum absolute atomic E-state index is 4.21. The molecule has 0 N–H and O–H groups in total. The third kappa shape index (κ3) is 3.46. The summed E-state index contributed by atoms with van der Waals surface area (Å²) in [5.41, 5.74) is 6.08. The molecule has 0 heteroatoms. The Labute approximate surface area is 112 Å². The summed E-state index contributed by atoms with van der Waals surface area (Å²) < 4.78 is 0. The van der Waals surface area contributed by atoms with E-state index in [1.54, 1.807) is 0 Å². The van der Waals surface area contributed by atoms with E-state index in [1.165, 1.54) is 22.3 Å². The lowest BCUT2D eigenvalue weighted by atomic mass is 9.84. The van der Waals surface area contributed by atoms with Crippen LogP contribution in [0.2, 0.25) is 0 Å². The molecular weight excluding hydrogens is 216 g/mol. The Bertz CT molecular complexity index is 464. The van der Waals surface area contributed by atoms with Crippen molar-refractivity contribution in [2.24, 2.45) is 5.92 Å². The second-order valence-corrected chi connectivity index (χ2v) is 5.07.